The van der Waals surface area contributed by atoms with Gasteiger partial charge < -0.3 is 12.0 Å². The molecular formula is C2H4F3LiO3. The second kappa shape index (κ2) is 4.67. The van der Waals surface area contributed by atoms with E-state index < -0.39 is 12.1 Å². The quantitative estimate of drug-likeness (QED) is 0.362. The number of rotatable bonds is 0. The second-order valence-electron chi connectivity index (χ2n) is 0.803. The van der Waals surface area contributed by atoms with Crippen molar-refractivity contribution in [3.63, 3.8) is 0 Å². The average molecular weight is 140 g/mol. The Morgan fingerprint density at radius 1 is 1.44 bits per heavy atom. The Kier molecular flexibility index (Phi) is 8.27. The van der Waals surface area contributed by atoms with Crippen LogP contribution in [-0.2, 0) is 4.79 Å². The van der Waals surface area contributed by atoms with Crippen LogP contribution in [0.1, 0.15) is 1.43 Å². The topological polar surface area (TPSA) is 68.8 Å². The third-order valence-electron chi connectivity index (χ3n) is 0.243. The predicted octanol–water partition coefficient (Wildman–Crippen LogP) is -3.07. The zero-order valence-electron chi connectivity index (χ0n) is 5.49. The van der Waals surface area contributed by atoms with Crippen molar-refractivity contribution in [2.24, 2.45) is 0 Å². The molecule has 0 spiro atoms. The summed E-state index contributed by atoms with van der Waals surface area (Å²) < 4.78 is 31.7. The SMILES string of the molecule is O.O=C(O)C(F)(F)F.[H-].[Li+]. The van der Waals surface area contributed by atoms with E-state index in [1.165, 1.54) is 0 Å². The van der Waals surface area contributed by atoms with Crippen LogP contribution in [0.4, 0.5) is 13.2 Å². The largest absolute Gasteiger partial charge is 1.00 e. The molecule has 0 fully saturated rings. The molecule has 3 nitrogen and oxygen atoms in total. The number of aliphatic carboxylic acids is 1. The Morgan fingerprint density at radius 2 is 1.56 bits per heavy atom. The maximum Gasteiger partial charge on any atom is 1.00 e. The van der Waals surface area contributed by atoms with Crippen molar-refractivity contribution in [2.45, 2.75) is 6.18 Å². The number of carbonyl (C=O) groups is 1. The standard InChI is InChI=1S/C2HF3O2.Li.H2O.H/c3-2(4,5)1(6)7;;;/h(H,6,7);;1H2;/q;+1;;-1. The summed E-state index contributed by atoms with van der Waals surface area (Å²) in [4.78, 5) is 8.90. The minimum absolute atomic E-state index is 0. The fraction of sp³-hybridized carbons (Fsp3) is 0.500. The van der Waals surface area contributed by atoms with Gasteiger partial charge in [-0.25, -0.2) is 4.79 Å². The van der Waals surface area contributed by atoms with Gasteiger partial charge in [0.15, 0.2) is 0 Å². The summed E-state index contributed by atoms with van der Waals surface area (Å²) in [6.07, 6.45) is -5.08. The monoisotopic (exact) mass is 140 g/mol. The fourth-order valence-corrected chi connectivity index (χ4v) is 0. The molecule has 3 N–H and O–H groups in total. The van der Waals surface area contributed by atoms with Gasteiger partial charge in [0.05, 0.1) is 0 Å². The third-order valence-corrected chi connectivity index (χ3v) is 0.243. The van der Waals surface area contributed by atoms with E-state index in [9.17, 15) is 13.2 Å². The van der Waals surface area contributed by atoms with Crippen LogP contribution in [0.25, 0.3) is 0 Å². The van der Waals surface area contributed by atoms with Crippen molar-refractivity contribution in [3.05, 3.63) is 0 Å². The molecule has 0 atom stereocenters. The summed E-state index contributed by atoms with van der Waals surface area (Å²) in [5.41, 5.74) is 0. The Bertz CT molecular complexity index is 94.2. The van der Waals surface area contributed by atoms with Gasteiger partial charge in [-0.3, -0.25) is 0 Å². The summed E-state index contributed by atoms with van der Waals surface area (Å²) in [5.74, 6) is -2.76. The Balaban J connectivity index is -0.0000000600. The zero-order chi connectivity index (χ0) is 6.08. The zero-order valence-corrected chi connectivity index (χ0v) is 4.49. The van der Waals surface area contributed by atoms with E-state index in [0.29, 0.717) is 0 Å². The van der Waals surface area contributed by atoms with Crippen molar-refractivity contribution < 1.29 is 48.8 Å². The molecule has 0 bridgehead atoms. The first-order valence-electron chi connectivity index (χ1n) is 1.24. The van der Waals surface area contributed by atoms with Crippen LogP contribution in [0.5, 0.6) is 0 Å². The molecule has 0 heterocycles. The van der Waals surface area contributed by atoms with Crippen molar-refractivity contribution in [2.75, 3.05) is 0 Å². The summed E-state index contributed by atoms with van der Waals surface area (Å²) in [6, 6.07) is 0. The molecule has 0 rings (SSSR count). The second-order valence-corrected chi connectivity index (χ2v) is 0.803. The number of halogens is 3. The van der Waals surface area contributed by atoms with Crippen molar-refractivity contribution in [1.29, 1.82) is 0 Å². The molecule has 0 amide bonds. The molecule has 0 aliphatic heterocycles. The van der Waals surface area contributed by atoms with Gasteiger partial charge >= 0.3 is 31.0 Å². The molecule has 0 unspecified atom stereocenters. The average Bonchev–Trinajstić information content (AvgIpc) is 1.31. The van der Waals surface area contributed by atoms with Crippen LogP contribution >= 0.6 is 0 Å². The van der Waals surface area contributed by atoms with E-state index in [2.05, 4.69) is 0 Å². The van der Waals surface area contributed by atoms with E-state index in [1.54, 1.807) is 0 Å². The van der Waals surface area contributed by atoms with Gasteiger partial charge in [-0.15, -0.1) is 0 Å². The minimum atomic E-state index is -5.08. The van der Waals surface area contributed by atoms with Crippen LogP contribution in [0, 0.1) is 0 Å². The third kappa shape index (κ3) is 7.82. The first-order valence-corrected chi connectivity index (χ1v) is 1.24. The van der Waals surface area contributed by atoms with Gasteiger partial charge in [0.25, 0.3) is 0 Å². The molecular weight excluding hydrogens is 136 g/mol. The molecule has 0 aromatic heterocycles. The first kappa shape index (κ1) is 15.9. The van der Waals surface area contributed by atoms with Gasteiger partial charge in [0, 0.05) is 0 Å². The van der Waals surface area contributed by atoms with Crippen LogP contribution in [0.15, 0.2) is 0 Å². The van der Waals surface area contributed by atoms with Crippen LogP contribution in [-0.4, -0.2) is 22.7 Å². The van der Waals surface area contributed by atoms with Crippen LogP contribution in [0.2, 0.25) is 0 Å². The fourth-order valence-electron chi connectivity index (χ4n) is 0. The van der Waals surface area contributed by atoms with Gasteiger partial charge in [0.2, 0.25) is 0 Å². The Labute approximate surface area is 61.8 Å². The van der Waals surface area contributed by atoms with Crippen molar-refractivity contribution in [1.82, 2.24) is 0 Å². The van der Waals surface area contributed by atoms with Gasteiger partial charge in [-0.1, -0.05) is 0 Å². The number of carboxylic acid groups (broad SMARTS) is 1. The van der Waals surface area contributed by atoms with E-state index in [4.69, 9.17) is 9.90 Å². The van der Waals surface area contributed by atoms with E-state index in [0.717, 1.165) is 0 Å². The normalized spacial score (nSPS) is 8.78. The minimum Gasteiger partial charge on any atom is -1.00 e. The van der Waals surface area contributed by atoms with Gasteiger partial charge in [-0.2, -0.15) is 13.2 Å². The van der Waals surface area contributed by atoms with Crippen LogP contribution in [0.3, 0.4) is 0 Å². The van der Waals surface area contributed by atoms with Crippen LogP contribution < -0.4 is 18.9 Å². The molecule has 0 saturated heterocycles. The molecule has 0 saturated carbocycles. The van der Waals surface area contributed by atoms with Gasteiger partial charge in [-0.05, 0) is 0 Å². The summed E-state index contributed by atoms with van der Waals surface area (Å²) in [6.45, 7) is 0. The molecule has 9 heavy (non-hydrogen) atoms. The summed E-state index contributed by atoms with van der Waals surface area (Å²) in [7, 11) is 0. The number of hydrogen-bond acceptors (Lipinski definition) is 1. The molecule has 0 aliphatic rings. The molecule has 52 valence electrons. The molecule has 0 aromatic rings. The Morgan fingerprint density at radius 3 is 1.56 bits per heavy atom. The van der Waals surface area contributed by atoms with E-state index >= 15 is 0 Å². The van der Waals surface area contributed by atoms with E-state index in [1.807, 2.05) is 0 Å². The number of hydrogen-bond donors (Lipinski definition) is 1. The maximum absolute atomic E-state index is 10.6. The van der Waals surface area contributed by atoms with Crippen molar-refractivity contribution >= 4 is 5.97 Å². The summed E-state index contributed by atoms with van der Waals surface area (Å²) >= 11 is 0. The predicted molar refractivity (Wildman–Crippen MR) is 18.4 cm³/mol. The smallest absolute Gasteiger partial charge is 1.00 e. The molecule has 0 radical (unpaired) electrons. The number of alkyl halides is 3. The number of carboxylic acids is 1. The molecule has 7 heteroatoms. The van der Waals surface area contributed by atoms with Gasteiger partial charge in [0.1, 0.15) is 0 Å². The van der Waals surface area contributed by atoms with Crippen molar-refractivity contribution in [3.8, 4) is 0 Å². The maximum atomic E-state index is 10.6. The molecule has 0 aliphatic carbocycles. The van der Waals surface area contributed by atoms with E-state index in [-0.39, 0.29) is 25.8 Å². The molecule has 0 aromatic carbocycles. The summed E-state index contributed by atoms with van der Waals surface area (Å²) in [5, 5.41) is 7.12. The Hall–Kier alpha value is -0.183. The first-order chi connectivity index (χ1) is 2.94.